The van der Waals surface area contributed by atoms with Crippen LogP contribution < -0.4 is 20.5 Å². The zero-order valence-electron chi connectivity index (χ0n) is 18.7. The number of aromatic amines is 1. The van der Waals surface area contributed by atoms with E-state index in [4.69, 9.17) is 14.5 Å². The summed E-state index contributed by atoms with van der Waals surface area (Å²) in [6, 6.07) is 20.0. The first-order chi connectivity index (χ1) is 16.7. The van der Waals surface area contributed by atoms with E-state index in [-0.39, 0.29) is 17.4 Å². The van der Waals surface area contributed by atoms with Crippen LogP contribution in [0.25, 0.3) is 22.0 Å². The maximum Gasteiger partial charge on any atom is 0.258 e. The highest BCUT2D eigenvalue weighted by molar-refractivity contribution is 5.94. The largest absolute Gasteiger partial charge is 0.497 e. The molecule has 0 amide bonds. The average Bonchev–Trinajstić information content (AvgIpc) is 3.43. The molecule has 3 heterocycles. The standard InChI is InChI=1S/C27H24N4O3/c1-33-21-7-8-24-18(10-21)9-19(15-34-24)26-30-25-22(16-5-3-2-4-6-16)11-17(20-13-28-29-14-20)12-23(25)27(32)31-26/h2-8,10-13,19-20,29H,9,14-15H2,1H3,(H,30,31,32). The van der Waals surface area contributed by atoms with Crippen molar-refractivity contribution >= 4 is 17.1 Å². The van der Waals surface area contributed by atoms with E-state index in [2.05, 4.69) is 21.6 Å². The third-order valence-electron chi connectivity index (χ3n) is 6.58. The lowest BCUT2D eigenvalue weighted by Gasteiger charge is -2.25. The van der Waals surface area contributed by atoms with Crippen LogP contribution in [0.5, 0.6) is 11.5 Å². The van der Waals surface area contributed by atoms with Crippen molar-refractivity contribution in [2.75, 3.05) is 20.3 Å². The van der Waals surface area contributed by atoms with Crippen LogP contribution in [0, 0.1) is 0 Å². The van der Waals surface area contributed by atoms with Gasteiger partial charge < -0.3 is 19.9 Å². The lowest BCUT2D eigenvalue weighted by Crippen LogP contribution is -2.24. The fourth-order valence-corrected chi connectivity index (χ4v) is 4.75. The average molecular weight is 453 g/mol. The Bertz CT molecular complexity index is 1460. The van der Waals surface area contributed by atoms with Crippen molar-refractivity contribution in [2.45, 2.75) is 18.3 Å². The molecule has 1 aromatic heterocycles. The van der Waals surface area contributed by atoms with Gasteiger partial charge in [0.05, 0.1) is 30.5 Å². The SMILES string of the molecule is COc1ccc2c(c1)CC(c1nc3c(-c4ccccc4)cc(C4C=NNC4)cc3c(=O)[nH]1)CO2. The van der Waals surface area contributed by atoms with Gasteiger partial charge in [-0.15, -0.1) is 0 Å². The van der Waals surface area contributed by atoms with Crippen molar-refractivity contribution in [1.82, 2.24) is 15.4 Å². The fraction of sp³-hybridized carbons (Fsp3) is 0.222. The van der Waals surface area contributed by atoms with Crippen LogP contribution in [0.15, 0.2) is 70.6 Å². The van der Waals surface area contributed by atoms with E-state index < -0.39 is 0 Å². The maximum absolute atomic E-state index is 13.3. The molecule has 0 spiro atoms. The van der Waals surface area contributed by atoms with Crippen LogP contribution in [0.1, 0.15) is 28.8 Å². The van der Waals surface area contributed by atoms with Crippen LogP contribution in [-0.2, 0) is 6.42 Å². The number of benzene rings is 3. The summed E-state index contributed by atoms with van der Waals surface area (Å²) in [5.41, 5.74) is 7.63. The molecule has 2 aliphatic heterocycles. The first-order valence-electron chi connectivity index (χ1n) is 11.4. The van der Waals surface area contributed by atoms with Crippen LogP contribution in [0.3, 0.4) is 0 Å². The molecule has 6 rings (SSSR count). The minimum absolute atomic E-state index is 0.0637. The predicted octanol–water partition coefficient (Wildman–Crippen LogP) is 3.99. The molecule has 3 aromatic carbocycles. The number of nitrogens with one attached hydrogen (secondary N) is 2. The van der Waals surface area contributed by atoms with Crippen LogP contribution >= 0.6 is 0 Å². The van der Waals surface area contributed by atoms with Crippen molar-refractivity contribution in [3.05, 3.63) is 88.0 Å². The molecule has 7 nitrogen and oxygen atoms in total. The Balaban J connectivity index is 1.48. The molecule has 2 unspecified atom stereocenters. The van der Waals surface area contributed by atoms with Crippen molar-refractivity contribution in [3.63, 3.8) is 0 Å². The molecular formula is C27H24N4O3. The number of hydrazone groups is 1. The molecule has 2 N–H and O–H groups in total. The summed E-state index contributed by atoms with van der Waals surface area (Å²) in [5.74, 6) is 2.32. The maximum atomic E-state index is 13.3. The zero-order valence-corrected chi connectivity index (χ0v) is 18.7. The second-order valence-corrected chi connectivity index (χ2v) is 8.71. The third-order valence-corrected chi connectivity index (χ3v) is 6.58. The number of hydrogen-bond donors (Lipinski definition) is 2. The van der Waals surface area contributed by atoms with E-state index in [1.165, 1.54) is 0 Å². The number of aromatic nitrogens is 2. The quantitative estimate of drug-likeness (QED) is 0.489. The van der Waals surface area contributed by atoms with E-state index >= 15 is 0 Å². The van der Waals surface area contributed by atoms with Crippen LogP contribution in [0.4, 0.5) is 0 Å². The molecule has 7 heteroatoms. The van der Waals surface area contributed by atoms with Gasteiger partial charge in [0.2, 0.25) is 0 Å². The number of ether oxygens (including phenoxy) is 2. The van der Waals surface area contributed by atoms with E-state index in [9.17, 15) is 4.79 Å². The van der Waals surface area contributed by atoms with Crippen LogP contribution in [0.2, 0.25) is 0 Å². The Morgan fingerprint density at radius 1 is 1.09 bits per heavy atom. The molecule has 0 saturated carbocycles. The first-order valence-corrected chi connectivity index (χ1v) is 11.4. The Kier molecular flexibility index (Phi) is 5.02. The smallest absolute Gasteiger partial charge is 0.258 e. The second-order valence-electron chi connectivity index (χ2n) is 8.71. The summed E-state index contributed by atoms with van der Waals surface area (Å²) in [6.07, 6.45) is 2.60. The summed E-state index contributed by atoms with van der Waals surface area (Å²) in [6.45, 7) is 1.17. The molecule has 0 saturated heterocycles. The van der Waals surface area contributed by atoms with E-state index in [0.717, 1.165) is 33.8 Å². The molecule has 0 radical (unpaired) electrons. The van der Waals surface area contributed by atoms with Gasteiger partial charge in [0.25, 0.3) is 5.56 Å². The van der Waals surface area contributed by atoms with E-state index in [1.807, 2.05) is 60.8 Å². The highest BCUT2D eigenvalue weighted by Gasteiger charge is 2.26. The summed E-state index contributed by atoms with van der Waals surface area (Å²) < 4.78 is 11.4. The zero-order chi connectivity index (χ0) is 23.1. The van der Waals surface area contributed by atoms with Gasteiger partial charge in [0.1, 0.15) is 17.3 Å². The van der Waals surface area contributed by atoms with Gasteiger partial charge in [-0.2, -0.15) is 5.10 Å². The van der Waals surface area contributed by atoms with Crippen molar-refractivity contribution in [2.24, 2.45) is 5.10 Å². The predicted molar refractivity (Wildman–Crippen MR) is 132 cm³/mol. The summed E-state index contributed by atoms with van der Waals surface area (Å²) in [4.78, 5) is 21.4. The lowest BCUT2D eigenvalue weighted by molar-refractivity contribution is 0.257. The van der Waals surface area contributed by atoms with Gasteiger partial charge in [-0.25, -0.2) is 4.98 Å². The van der Waals surface area contributed by atoms with Gasteiger partial charge in [-0.3, -0.25) is 4.79 Å². The third kappa shape index (κ3) is 3.59. The highest BCUT2D eigenvalue weighted by Crippen LogP contribution is 2.35. The van der Waals surface area contributed by atoms with Gasteiger partial charge in [-0.1, -0.05) is 30.3 Å². The van der Waals surface area contributed by atoms with Crippen molar-refractivity contribution in [3.8, 4) is 22.6 Å². The molecule has 2 aliphatic rings. The van der Waals surface area contributed by atoms with Crippen molar-refractivity contribution in [1.29, 1.82) is 0 Å². The highest BCUT2D eigenvalue weighted by atomic mass is 16.5. The molecule has 170 valence electrons. The van der Waals surface area contributed by atoms with E-state index in [1.54, 1.807) is 7.11 Å². The topological polar surface area (TPSA) is 88.6 Å². The van der Waals surface area contributed by atoms with Gasteiger partial charge >= 0.3 is 0 Å². The van der Waals surface area contributed by atoms with E-state index in [0.29, 0.717) is 36.3 Å². The molecule has 2 atom stereocenters. The molecule has 0 fully saturated rings. The number of nitrogens with zero attached hydrogens (tertiary/aromatic N) is 2. The monoisotopic (exact) mass is 452 g/mol. The first kappa shape index (κ1) is 20.5. The molecule has 34 heavy (non-hydrogen) atoms. The van der Waals surface area contributed by atoms with Gasteiger partial charge in [0.15, 0.2) is 0 Å². The fourth-order valence-electron chi connectivity index (χ4n) is 4.75. The van der Waals surface area contributed by atoms with Crippen molar-refractivity contribution < 1.29 is 9.47 Å². The number of fused-ring (bicyclic) bond motifs is 2. The number of methoxy groups -OCH3 is 1. The Morgan fingerprint density at radius 2 is 1.97 bits per heavy atom. The number of hydrogen-bond acceptors (Lipinski definition) is 6. The lowest BCUT2D eigenvalue weighted by atomic mass is 9.92. The summed E-state index contributed by atoms with van der Waals surface area (Å²) >= 11 is 0. The molecular weight excluding hydrogens is 428 g/mol. The summed E-state index contributed by atoms with van der Waals surface area (Å²) in [5, 5.41) is 4.74. The Morgan fingerprint density at radius 3 is 2.76 bits per heavy atom. The summed E-state index contributed by atoms with van der Waals surface area (Å²) in [7, 11) is 1.65. The minimum atomic E-state index is -0.140. The number of rotatable bonds is 4. The normalized spacial score (nSPS) is 18.9. The van der Waals surface area contributed by atoms with Crippen LogP contribution in [-0.4, -0.2) is 36.4 Å². The molecule has 0 bridgehead atoms. The number of H-pyrrole nitrogens is 1. The second kappa shape index (κ2) is 8.33. The van der Waals surface area contributed by atoms with Gasteiger partial charge in [-0.05, 0) is 53.4 Å². The molecule has 0 aliphatic carbocycles. The Labute approximate surface area is 196 Å². The molecule has 4 aromatic rings. The van der Waals surface area contributed by atoms with Gasteiger partial charge in [0, 0.05) is 24.2 Å². The minimum Gasteiger partial charge on any atom is -0.497 e. The Hall–Kier alpha value is -4.13.